The highest BCUT2D eigenvalue weighted by Crippen LogP contribution is 2.41. The lowest BCUT2D eigenvalue weighted by atomic mass is 9.85. The molecule has 1 aliphatic carbocycles. The fraction of sp³-hybridized carbons (Fsp3) is 0.941. The van der Waals surface area contributed by atoms with Gasteiger partial charge >= 0.3 is 0 Å². The van der Waals surface area contributed by atoms with Gasteiger partial charge in [0.2, 0.25) is 0 Å². The van der Waals surface area contributed by atoms with Crippen molar-refractivity contribution in [1.29, 1.82) is 0 Å². The summed E-state index contributed by atoms with van der Waals surface area (Å²) in [6.07, 6.45) is 3.80. The zero-order chi connectivity index (χ0) is 15.1. The number of ether oxygens (including phenoxy) is 1. The van der Waals surface area contributed by atoms with Crippen LogP contribution in [0.5, 0.6) is 0 Å². The Morgan fingerprint density at radius 1 is 1.25 bits per heavy atom. The molecule has 1 aliphatic heterocycles. The van der Waals surface area contributed by atoms with E-state index in [2.05, 4.69) is 32.6 Å². The molecule has 2 fully saturated rings. The van der Waals surface area contributed by atoms with Gasteiger partial charge < -0.3 is 4.74 Å². The Kier molecular flexibility index (Phi) is 4.32. The maximum absolute atomic E-state index is 12.6. The highest BCUT2D eigenvalue weighted by molar-refractivity contribution is 5.91. The van der Waals surface area contributed by atoms with Crippen molar-refractivity contribution in [3.05, 3.63) is 0 Å². The van der Waals surface area contributed by atoms with Crippen LogP contribution in [0.4, 0.5) is 0 Å². The van der Waals surface area contributed by atoms with Crippen LogP contribution in [0.15, 0.2) is 0 Å². The standard InChI is InChI=1S/C17H31NO2/c1-12(2)9-10-18(13-7-8-13)11-14-15(19)17(5,6)20-16(14,3)4/h12-14H,7-11H2,1-6H3. The molecule has 0 aromatic rings. The number of carbonyl (C=O) groups is 1. The minimum Gasteiger partial charge on any atom is -0.361 e. The van der Waals surface area contributed by atoms with E-state index in [-0.39, 0.29) is 17.3 Å². The maximum Gasteiger partial charge on any atom is 0.171 e. The Labute approximate surface area is 124 Å². The largest absolute Gasteiger partial charge is 0.361 e. The molecule has 1 unspecified atom stereocenters. The average Bonchev–Trinajstić information content (AvgIpc) is 3.07. The lowest BCUT2D eigenvalue weighted by Gasteiger charge is -2.31. The smallest absolute Gasteiger partial charge is 0.171 e. The van der Waals surface area contributed by atoms with Crippen molar-refractivity contribution in [2.45, 2.75) is 78.0 Å². The Morgan fingerprint density at radius 3 is 2.25 bits per heavy atom. The highest BCUT2D eigenvalue weighted by Gasteiger charge is 2.54. The van der Waals surface area contributed by atoms with Crippen LogP contribution in [0.25, 0.3) is 0 Å². The van der Waals surface area contributed by atoms with Crippen LogP contribution < -0.4 is 0 Å². The third-order valence-corrected chi connectivity index (χ3v) is 4.74. The molecular weight excluding hydrogens is 250 g/mol. The molecule has 0 spiro atoms. The maximum atomic E-state index is 12.6. The third-order valence-electron chi connectivity index (χ3n) is 4.74. The first-order chi connectivity index (χ1) is 9.13. The van der Waals surface area contributed by atoms with Crippen LogP contribution in [0.1, 0.15) is 60.8 Å². The van der Waals surface area contributed by atoms with Gasteiger partial charge in [-0.05, 0) is 59.4 Å². The quantitative estimate of drug-likeness (QED) is 0.748. The number of Topliss-reactive ketones (excluding diaryl/α,β-unsaturated/α-hetero) is 1. The number of carbonyl (C=O) groups excluding carboxylic acids is 1. The molecule has 0 bridgehead atoms. The van der Waals surface area contributed by atoms with E-state index in [1.807, 2.05) is 13.8 Å². The summed E-state index contributed by atoms with van der Waals surface area (Å²) in [6.45, 7) is 14.5. The van der Waals surface area contributed by atoms with Crippen LogP contribution >= 0.6 is 0 Å². The lowest BCUT2D eigenvalue weighted by Crippen LogP contribution is -2.42. The van der Waals surface area contributed by atoms with E-state index < -0.39 is 5.60 Å². The molecule has 2 aliphatic rings. The van der Waals surface area contributed by atoms with Gasteiger partial charge in [-0.25, -0.2) is 0 Å². The molecule has 1 saturated heterocycles. The molecule has 0 amide bonds. The molecule has 116 valence electrons. The minimum absolute atomic E-state index is 0.00487. The van der Waals surface area contributed by atoms with Crippen LogP contribution in [0.2, 0.25) is 0 Å². The first-order valence-electron chi connectivity index (χ1n) is 8.12. The molecule has 20 heavy (non-hydrogen) atoms. The van der Waals surface area contributed by atoms with Gasteiger partial charge in [0.1, 0.15) is 5.60 Å². The van der Waals surface area contributed by atoms with Gasteiger partial charge in [0.05, 0.1) is 11.5 Å². The number of nitrogens with zero attached hydrogens (tertiary/aromatic N) is 1. The Balaban J connectivity index is 2.04. The van der Waals surface area contributed by atoms with Gasteiger partial charge in [0.25, 0.3) is 0 Å². The van der Waals surface area contributed by atoms with Crippen molar-refractivity contribution in [3.63, 3.8) is 0 Å². The predicted molar refractivity (Wildman–Crippen MR) is 81.8 cm³/mol. The van der Waals surface area contributed by atoms with E-state index >= 15 is 0 Å². The van der Waals surface area contributed by atoms with E-state index in [0.29, 0.717) is 6.04 Å². The zero-order valence-electron chi connectivity index (χ0n) is 14.0. The Bertz CT molecular complexity index is 369. The molecule has 2 rings (SSSR count). The van der Waals surface area contributed by atoms with Gasteiger partial charge in [0.15, 0.2) is 5.78 Å². The van der Waals surface area contributed by atoms with Gasteiger partial charge in [-0.1, -0.05) is 13.8 Å². The van der Waals surface area contributed by atoms with E-state index in [9.17, 15) is 4.79 Å². The normalized spacial score (nSPS) is 28.6. The zero-order valence-corrected chi connectivity index (χ0v) is 14.0. The SMILES string of the molecule is CC(C)CCN(CC1C(=O)C(C)(C)OC1(C)C)C1CC1. The van der Waals surface area contributed by atoms with Gasteiger partial charge in [-0.2, -0.15) is 0 Å². The molecule has 0 radical (unpaired) electrons. The molecule has 0 N–H and O–H groups in total. The number of rotatable bonds is 6. The van der Waals surface area contributed by atoms with E-state index in [4.69, 9.17) is 4.74 Å². The summed E-state index contributed by atoms with van der Waals surface area (Å²) in [4.78, 5) is 15.1. The monoisotopic (exact) mass is 281 g/mol. The highest BCUT2D eigenvalue weighted by atomic mass is 16.5. The predicted octanol–water partition coefficient (Wildman–Crippen LogP) is 3.27. The topological polar surface area (TPSA) is 29.5 Å². The van der Waals surface area contributed by atoms with Crippen molar-refractivity contribution in [2.24, 2.45) is 11.8 Å². The van der Waals surface area contributed by atoms with Crippen molar-refractivity contribution in [3.8, 4) is 0 Å². The van der Waals surface area contributed by atoms with Crippen LogP contribution in [-0.2, 0) is 9.53 Å². The molecule has 1 heterocycles. The van der Waals surface area contributed by atoms with E-state index in [1.54, 1.807) is 0 Å². The van der Waals surface area contributed by atoms with Crippen molar-refractivity contribution in [2.75, 3.05) is 13.1 Å². The Morgan fingerprint density at radius 2 is 1.85 bits per heavy atom. The van der Waals surface area contributed by atoms with Crippen molar-refractivity contribution < 1.29 is 9.53 Å². The summed E-state index contributed by atoms with van der Waals surface area (Å²) >= 11 is 0. The average molecular weight is 281 g/mol. The second kappa shape index (κ2) is 5.42. The van der Waals surface area contributed by atoms with Gasteiger partial charge in [0, 0.05) is 12.6 Å². The van der Waals surface area contributed by atoms with Gasteiger partial charge in [-0.3, -0.25) is 9.69 Å². The van der Waals surface area contributed by atoms with Crippen molar-refractivity contribution in [1.82, 2.24) is 4.90 Å². The fourth-order valence-electron chi connectivity index (χ4n) is 3.34. The van der Waals surface area contributed by atoms with Crippen LogP contribution in [0.3, 0.4) is 0 Å². The number of ketones is 1. The van der Waals surface area contributed by atoms with Crippen LogP contribution in [0, 0.1) is 11.8 Å². The molecule has 3 nitrogen and oxygen atoms in total. The first-order valence-corrected chi connectivity index (χ1v) is 8.12. The molecule has 3 heteroatoms. The number of hydrogen-bond donors (Lipinski definition) is 0. The molecule has 0 aromatic heterocycles. The van der Waals surface area contributed by atoms with E-state index in [1.165, 1.54) is 19.3 Å². The summed E-state index contributed by atoms with van der Waals surface area (Å²) in [5, 5.41) is 0. The summed E-state index contributed by atoms with van der Waals surface area (Å²) in [6, 6.07) is 0.709. The first kappa shape index (κ1) is 16.0. The molecular formula is C17H31NO2. The summed E-state index contributed by atoms with van der Waals surface area (Å²) in [7, 11) is 0. The second-order valence-corrected chi connectivity index (χ2v) is 8.04. The summed E-state index contributed by atoms with van der Waals surface area (Å²) < 4.78 is 6.01. The number of hydrogen-bond acceptors (Lipinski definition) is 3. The molecule has 1 saturated carbocycles. The Hall–Kier alpha value is -0.410. The third kappa shape index (κ3) is 3.43. The van der Waals surface area contributed by atoms with Gasteiger partial charge in [-0.15, -0.1) is 0 Å². The second-order valence-electron chi connectivity index (χ2n) is 8.04. The minimum atomic E-state index is -0.624. The fourth-order valence-corrected chi connectivity index (χ4v) is 3.34. The lowest BCUT2D eigenvalue weighted by molar-refractivity contribution is -0.132. The summed E-state index contributed by atoms with van der Waals surface area (Å²) in [5.74, 6) is 0.999. The van der Waals surface area contributed by atoms with Crippen LogP contribution in [-0.4, -0.2) is 41.0 Å². The van der Waals surface area contributed by atoms with E-state index in [0.717, 1.165) is 19.0 Å². The summed E-state index contributed by atoms with van der Waals surface area (Å²) in [5.41, 5.74) is -0.965. The van der Waals surface area contributed by atoms with Crippen molar-refractivity contribution >= 4 is 5.78 Å². The molecule has 0 aromatic carbocycles. The molecule has 1 atom stereocenters.